The molecule has 1 amide bonds. The van der Waals surface area contributed by atoms with E-state index in [2.05, 4.69) is 15.3 Å². The number of hydrogen-bond donors (Lipinski definition) is 2. The molecule has 1 saturated heterocycles. The van der Waals surface area contributed by atoms with Gasteiger partial charge in [0.15, 0.2) is 5.65 Å². The number of likely N-dealkylation sites (tertiary alicyclic amines) is 1. The number of amides is 1. The van der Waals surface area contributed by atoms with E-state index in [1.54, 1.807) is 27.0 Å². The highest BCUT2D eigenvalue weighted by molar-refractivity contribution is 5.89. The van der Waals surface area contributed by atoms with E-state index in [4.69, 9.17) is 19.2 Å². The number of aliphatic hydroxyl groups is 1. The predicted molar refractivity (Wildman–Crippen MR) is 149 cm³/mol. The third-order valence-electron chi connectivity index (χ3n) is 6.60. The molecule has 2 N–H and O–H groups in total. The maximum Gasteiger partial charge on any atom is 0.411 e. The Morgan fingerprint density at radius 1 is 1.23 bits per heavy atom. The van der Waals surface area contributed by atoms with Gasteiger partial charge in [0.2, 0.25) is 0 Å². The number of rotatable bonds is 9. The molecule has 12 nitrogen and oxygen atoms in total. The molecule has 0 spiro atoms. The van der Waals surface area contributed by atoms with E-state index in [1.165, 1.54) is 12.0 Å². The average Bonchev–Trinajstić information content (AvgIpc) is 3.47. The second-order valence-electron chi connectivity index (χ2n) is 10.7. The van der Waals surface area contributed by atoms with E-state index in [-0.39, 0.29) is 25.3 Å². The molecule has 4 rings (SSSR count). The molecule has 0 bridgehead atoms. The molecule has 0 aromatic carbocycles. The summed E-state index contributed by atoms with van der Waals surface area (Å²) in [5, 5.41) is 13.2. The van der Waals surface area contributed by atoms with Gasteiger partial charge in [-0.2, -0.15) is 0 Å². The minimum absolute atomic E-state index is 0.117. The van der Waals surface area contributed by atoms with Crippen molar-refractivity contribution in [1.82, 2.24) is 24.4 Å². The summed E-state index contributed by atoms with van der Waals surface area (Å²) in [6, 6.07) is 6.50. The molecule has 12 heteroatoms. The van der Waals surface area contributed by atoms with E-state index in [9.17, 15) is 14.7 Å². The number of nitrogens with one attached hydrogen (secondary N) is 1. The largest absolute Gasteiger partial charge is 0.467 e. The summed E-state index contributed by atoms with van der Waals surface area (Å²) in [6.45, 7) is 10.2. The fraction of sp³-hybridized carbons (Fsp3) is 0.536. The van der Waals surface area contributed by atoms with Crippen LogP contribution in [0.1, 0.15) is 39.9 Å². The van der Waals surface area contributed by atoms with Gasteiger partial charge in [-0.1, -0.05) is 6.07 Å². The SMILES string of the molecule is CCOC(CO)Cn1c(C)nc2nccc(-c3cccc(N[C@H]4C[C@@H](C(=O)OC)N(C(=O)OC(C)(C)C)C4)n3)c21. The van der Waals surface area contributed by atoms with Gasteiger partial charge in [0.05, 0.1) is 37.6 Å². The standard InChI is InChI=1S/C28H38N6O6/c1-7-39-19(16-35)15-33-17(2)30-25-24(33)20(11-12-29-25)21-9-8-10-23(32-21)31-18-13-22(26(36)38-6)34(14-18)27(37)40-28(3,4)5/h8-12,18-19,22,35H,7,13-16H2,1-6H3,(H,31,32)/t18-,19?,22-/m0/s1. The van der Waals surface area contributed by atoms with Gasteiger partial charge in [-0.3, -0.25) is 4.90 Å². The molecular weight excluding hydrogens is 516 g/mol. The molecule has 1 aliphatic rings. The lowest BCUT2D eigenvalue weighted by Gasteiger charge is -2.27. The monoisotopic (exact) mass is 554 g/mol. The molecule has 216 valence electrons. The van der Waals surface area contributed by atoms with Gasteiger partial charge >= 0.3 is 12.1 Å². The van der Waals surface area contributed by atoms with Crippen LogP contribution in [0.4, 0.5) is 10.6 Å². The highest BCUT2D eigenvalue weighted by atomic mass is 16.6. The Hall–Kier alpha value is -3.77. The number of aromatic nitrogens is 4. The third kappa shape index (κ3) is 6.50. The molecular formula is C28H38N6O6. The van der Waals surface area contributed by atoms with E-state index < -0.39 is 23.7 Å². The van der Waals surface area contributed by atoms with Crippen molar-refractivity contribution in [2.24, 2.45) is 0 Å². The van der Waals surface area contributed by atoms with Gasteiger partial charge in [0.25, 0.3) is 0 Å². The zero-order valence-electron chi connectivity index (χ0n) is 23.9. The topological polar surface area (TPSA) is 141 Å². The molecule has 3 atom stereocenters. The van der Waals surface area contributed by atoms with Crippen LogP contribution in [0.5, 0.6) is 0 Å². The summed E-state index contributed by atoms with van der Waals surface area (Å²) in [5.41, 5.74) is 2.21. The van der Waals surface area contributed by atoms with Crippen molar-refractivity contribution in [3.05, 3.63) is 36.3 Å². The van der Waals surface area contributed by atoms with Crippen molar-refractivity contribution in [2.75, 3.05) is 32.2 Å². The zero-order valence-corrected chi connectivity index (χ0v) is 23.9. The molecule has 0 aliphatic carbocycles. The Bertz CT molecular complexity index is 1350. The lowest BCUT2D eigenvalue weighted by molar-refractivity contribution is -0.145. The lowest BCUT2D eigenvalue weighted by Crippen LogP contribution is -2.44. The number of aliphatic hydroxyl groups excluding tert-OH is 1. The van der Waals surface area contributed by atoms with Crippen LogP contribution in [0.15, 0.2) is 30.5 Å². The summed E-state index contributed by atoms with van der Waals surface area (Å²) >= 11 is 0. The van der Waals surface area contributed by atoms with Gasteiger partial charge in [0, 0.05) is 37.4 Å². The van der Waals surface area contributed by atoms with E-state index >= 15 is 0 Å². The minimum atomic E-state index is -0.762. The summed E-state index contributed by atoms with van der Waals surface area (Å²) in [7, 11) is 1.31. The Morgan fingerprint density at radius 3 is 2.67 bits per heavy atom. The molecule has 40 heavy (non-hydrogen) atoms. The smallest absolute Gasteiger partial charge is 0.411 e. The quantitative estimate of drug-likeness (QED) is 0.379. The Balaban J connectivity index is 1.61. The average molecular weight is 555 g/mol. The Labute approximate surface area is 233 Å². The number of methoxy groups -OCH3 is 1. The highest BCUT2D eigenvalue weighted by Gasteiger charge is 2.42. The predicted octanol–water partition coefficient (Wildman–Crippen LogP) is 3.16. The van der Waals surface area contributed by atoms with E-state index in [0.717, 1.165) is 16.9 Å². The first-order valence-corrected chi connectivity index (χ1v) is 13.4. The van der Waals surface area contributed by atoms with E-state index in [1.807, 2.05) is 42.7 Å². The number of aryl methyl sites for hydroxylation is 1. The molecule has 1 unspecified atom stereocenters. The summed E-state index contributed by atoms with van der Waals surface area (Å²) in [6.07, 6.45) is 1.10. The zero-order chi connectivity index (χ0) is 29.0. The number of imidazole rings is 1. The number of nitrogens with zero attached hydrogens (tertiary/aromatic N) is 5. The van der Waals surface area contributed by atoms with Crippen molar-refractivity contribution in [3.63, 3.8) is 0 Å². The Kier molecular flexibility index (Phi) is 8.89. The van der Waals surface area contributed by atoms with Crippen molar-refractivity contribution in [3.8, 4) is 11.3 Å². The van der Waals surface area contributed by atoms with Crippen LogP contribution in [0.3, 0.4) is 0 Å². The van der Waals surface area contributed by atoms with E-state index in [0.29, 0.717) is 36.7 Å². The number of hydrogen-bond acceptors (Lipinski definition) is 10. The fourth-order valence-corrected chi connectivity index (χ4v) is 4.90. The molecule has 4 heterocycles. The minimum Gasteiger partial charge on any atom is -0.467 e. The van der Waals surface area contributed by atoms with Gasteiger partial charge in [-0.15, -0.1) is 0 Å². The second-order valence-corrected chi connectivity index (χ2v) is 10.7. The summed E-state index contributed by atoms with van der Waals surface area (Å²) in [4.78, 5) is 40.6. The number of carbonyl (C=O) groups excluding carboxylic acids is 2. The Morgan fingerprint density at radius 2 is 2.00 bits per heavy atom. The van der Waals surface area contributed by atoms with Crippen molar-refractivity contribution in [2.45, 2.75) is 71.4 Å². The highest BCUT2D eigenvalue weighted by Crippen LogP contribution is 2.30. The number of carbonyl (C=O) groups is 2. The first kappa shape index (κ1) is 29.2. The van der Waals surface area contributed by atoms with Gasteiger partial charge in [0.1, 0.15) is 23.3 Å². The number of pyridine rings is 2. The first-order valence-electron chi connectivity index (χ1n) is 13.4. The van der Waals surface area contributed by atoms with Crippen LogP contribution in [-0.2, 0) is 25.5 Å². The summed E-state index contributed by atoms with van der Waals surface area (Å²) in [5.74, 6) is 0.852. The first-order chi connectivity index (χ1) is 19.0. The van der Waals surface area contributed by atoms with Crippen LogP contribution in [-0.4, -0.2) is 92.2 Å². The van der Waals surface area contributed by atoms with Crippen LogP contribution < -0.4 is 5.32 Å². The number of anilines is 1. The number of fused-ring (bicyclic) bond motifs is 1. The molecule has 3 aromatic rings. The van der Waals surface area contributed by atoms with Crippen molar-refractivity contribution < 1.29 is 28.9 Å². The number of ether oxygens (including phenoxy) is 3. The van der Waals surface area contributed by atoms with Crippen molar-refractivity contribution in [1.29, 1.82) is 0 Å². The fourth-order valence-electron chi connectivity index (χ4n) is 4.90. The maximum atomic E-state index is 12.8. The molecule has 3 aromatic heterocycles. The maximum absolute atomic E-state index is 12.8. The lowest BCUT2D eigenvalue weighted by atomic mass is 10.1. The molecule has 1 fully saturated rings. The normalized spacial score (nSPS) is 18.1. The van der Waals surface area contributed by atoms with Gasteiger partial charge in [-0.05, 0) is 52.8 Å². The number of esters is 1. The van der Waals surface area contributed by atoms with Crippen LogP contribution in [0.25, 0.3) is 22.4 Å². The molecule has 0 radical (unpaired) electrons. The second kappa shape index (κ2) is 12.2. The van der Waals surface area contributed by atoms with Crippen LogP contribution in [0.2, 0.25) is 0 Å². The van der Waals surface area contributed by atoms with Crippen LogP contribution in [0, 0.1) is 6.92 Å². The van der Waals surface area contributed by atoms with Gasteiger partial charge < -0.3 is 29.2 Å². The molecule has 0 saturated carbocycles. The van der Waals surface area contributed by atoms with Gasteiger partial charge in [-0.25, -0.2) is 24.5 Å². The summed E-state index contributed by atoms with van der Waals surface area (Å²) < 4.78 is 18.1. The molecule has 1 aliphatic heterocycles. The third-order valence-corrected chi connectivity index (χ3v) is 6.60. The van der Waals surface area contributed by atoms with Crippen LogP contribution >= 0.6 is 0 Å². The van der Waals surface area contributed by atoms with Crippen molar-refractivity contribution >= 4 is 29.0 Å².